The zero-order valence-electron chi connectivity index (χ0n) is 12.3. The SMILES string of the molecule is CCOP(=O)(OCC)C(CS)CCCc1ccccc1. The van der Waals surface area contributed by atoms with E-state index in [1.54, 1.807) is 0 Å². The summed E-state index contributed by atoms with van der Waals surface area (Å²) in [4.78, 5) is 0. The number of rotatable bonds is 10. The quantitative estimate of drug-likeness (QED) is 0.507. The molecule has 0 saturated heterocycles. The van der Waals surface area contributed by atoms with Gasteiger partial charge in [-0.1, -0.05) is 30.3 Å². The fourth-order valence-electron chi connectivity index (χ4n) is 2.14. The smallest absolute Gasteiger partial charge is 0.309 e. The van der Waals surface area contributed by atoms with E-state index in [-0.39, 0.29) is 5.66 Å². The summed E-state index contributed by atoms with van der Waals surface area (Å²) in [6.45, 7) is 4.48. The molecule has 0 aliphatic heterocycles. The van der Waals surface area contributed by atoms with E-state index in [4.69, 9.17) is 9.05 Å². The van der Waals surface area contributed by atoms with Crippen LogP contribution in [-0.2, 0) is 20.0 Å². The molecule has 1 unspecified atom stereocenters. The minimum atomic E-state index is -3.03. The first-order valence-electron chi connectivity index (χ1n) is 7.19. The number of aryl methyl sites for hydroxylation is 1. The van der Waals surface area contributed by atoms with Crippen molar-refractivity contribution in [2.75, 3.05) is 19.0 Å². The van der Waals surface area contributed by atoms with Crippen molar-refractivity contribution in [3.63, 3.8) is 0 Å². The van der Waals surface area contributed by atoms with Crippen molar-refractivity contribution in [2.24, 2.45) is 0 Å². The summed E-state index contributed by atoms with van der Waals surface area (Å²) in [6.07, 6.45) is 2.73. The van der Waals surface area contributed by atoms with Gasteiger partial charge in [-0.3, -0.25) is 4.57 Å². The molecule has 5 heteroatoms. The second kappa shape index (κ2) is 9.62. The van der Waals surface area contributed by atoms with E-state index in [9.17, 15) is 4.57 Å². The first-order valence-corrected chi connectivity index (χ1v) is 9.44. The molecule has 0 heterocycles. The second-order valence-corrected chi connectivity index (χ2v) is 7.28. The fourth-order valence-corrected chi connectivity index (χ4v) is 4.84. The molecule has 0 fully saturated rings. The largest absolute Gasteiger partial charge is 0.334 e. The minimum absolute atomic E-state index is 0.130. The third kappa shape index (κ3) is 5.61. The van der Waals surface area contributed by atoms with Crippen LogP contribution in [0.15, 0.2) is 30.3 Å². The zero-order chi connectivity index (χ0) is 14.8. The van der Waals surface area contributed by atoms with Crippen LogP contribution in [0.3, 0.4) is 0 Å². The number of hydrogen-bond donors (Lipinski definition) is 1. The van der Waals surface area contributed by atoms with Crippen LogP contribution >= 0.6 is 20.2 Å². The van der Waals surface area contributed by atoms with Crippen LogP contribution in [0.25, 0.3) is 0 Å². The van der Waals surface area contributed by atoms with Gasteiger partial charge in [0.2, 0.25) is 0 Å². The Kier molecular flexibility index (Phi) is 8.55. The molecule has 0 aliphatic carbocycles. The van der Waals surface area contributed by atoms with E-state index < -0.39 is 7.60 Å². The average Bonchev–Trinajstić information content (AvgIpc) is 2.45. The molecule has 114 valence electrons. The van der Waals surface area contributed by atoms with Gasteiger partial charge >= 0.3 is 7.60 Å². The van der Waals surface area contributed by atoms with Crippen LogP contribution in [0, 0.1) is 0 Å². The topological polar surface area (TPSA) is 35.5 Å². The van der Waals surface area contributed by atoms with Crippen molar-refractivity contribution in [1.82, 2.24) is 0 Å². The summed E-state index contributed by atoms with van der Waals surface area (Å²) in [6, 6.07) is 10.3. The predicted octanol–water partition coefficient (Wildman–Crippen LogP) is 4.57. The molecule has 1 rings (SSSR count). The first-order chi connectivity index (χ1) is 9.66. The van der Waals surface area contributed by atoms with E-state index >= 15 is 0 Å². The van der Waals surface area contributed by atoms with Crippen molar-refractivity contribution in [1.29, 1.82) is 0 Å². The molecular formula is C15H25O3PS. The van der Waals surface area contributed by atoms with Crippen molar-refractivity contribution in [3.05, 3.63) is 35.9 Å². The van der Waals surface area contributed by atoms with Gasteiger partial charge in [0.15, 0.2) is 0 Å². The summed E-state index contributed by atoms with van der Waals surface area (Å²) in [7, 11) is -3.03. The maximum Gasteiger partial charge on any atom is 0.334 e. The van der Waals surface area contributed by atoms with Crippen LogP contribution in [0.4, 0.5) is 0 Å². The summed E-state index contributed by atoms with van der Waals surface area (Å²) in [5, 5.41) is 0. The Labute approximate surface area is 128 Å². The van der Waals surface area contributed by atoms with E-state index in [1.165, 1.54) is 5.56 Å². The molecule has 3 nitrogen and oxygen atoms in total. The number of thiol groups is 1. The van der Waals surface area contributed by atoms with E-state index in [1.807, 2.05) is 32.0 Å². The Morgan fingerprint density at radius 1 is 1.15 bits per heavy atom. The van der Waals surface area contributed by atoms with Crippen molar-refractivity contribution in [3.8, 4) is 0 Å². The monoisotopic (exact) mass is 316 g/mol. The molecule has 1 aromatic rings. The summed E-state index contributed by atoms with van der Waals surface area (Å²) >= 11 is 4.32. The summed E-state index contributed by atoms with van der Waals surface area (Å²) < 4.78 is 23.5. The third-order valence-electron chi connectivity index (χ3n) is 3.12. The number of benzene rings is 1. The first kappa shape index (κ1) is 17.8. The molecule has 0 bridgehead atoms. The van der Waals surface area contributed by atoms with Crippen molar-refractivity contribution >= 4 is 20.2 Å². The highest BCUT2D eigenvalue weighted by atomic mass is 32.1. The zero-order valence-corrected chi connectivity index (χ0v) is 14.1. The lowest BCUT2D eigenvalue weighted by Gasteiger charge is -2.25. The van der Waals surface area contributed by atoms with Gasteiger partial charge in [0.1, 0.15) is 0 Å². The molecule has 0 radical (unpaired) electrons. The molecule has 1 aromatic carbocycles. The third-order valence-corrected chi connectivity index (χ3v) is 6.42. The van der Waals surface area contributed by atoms with Gasteiger partial charge in [0, 0.05) is 5.75 Å². The molecule has 0 aromatic heterocycles. The van der Waals surface area contributed by atoms with Crippen LogP contribution in [0.5, 0.6) is 0 Å². The maximum absolute atomic E-state index is 12.7. The van der Waals surface area contributed by atoms with Crippen molar-refractivity contribution < 1.29 is 13.6 Å². The Balaban J connectivity index is 2.54. The Hall–Kier alpha value is -0.280. The Morgan fingerprint density at radius 2 is 1.75 bits per heavy atom. The lowest BCUT2D eigenvalue weighted by molar-refractivity contribution is 0.212. The van der Waals surface area contributed by atoms with E-state index in [0.717, 1.165) is 19.3 Å². The molecule has 0 spiro atoms. The van der Waals surface area contributed by atoms with Crippen LogP contribution < -0.4 is 0 Å². The van der Waals surface area contributed by atoms with Gasteiger partial charge in [-0.05, 0) is 38.7 Å². The summed E-state index contributed by atoms with van der Waals surface area (Å²) in [5.74, 6) is 0.520. The van der Waals surface area contributed by atoms with E-state index in [2.05, 4.69) is 24.8 Å². The average molecular weight is 316 g/mol. The highest BCUT2D eigenvalue weighted by molar-refractivity contribution is 7.80. The Morgan fingerprint density at radius 3 is 2.25 bits per heavy atom. The highest BCUT2D eigenvalue weighted by Crippen LogP contribution is 2.54. The molecule has 0 N–H and O–H groups in total. The van der Waals surface area contributed by atoms with Crippen molar-refractivity contribution in [2.45, 2.75) is 38.8 Å². The number of hydrogen-bond acceptors (Lipinski definition) is 4. The molecule has 20 heavy (non-hydrogen) atoms. The normalized spacial score (nSPS) is 13.3. The van der Waals surface area contributed by atoms with Gasteiger partial charge in [0.25, 0.3) is 0 Å². The maximum atomic E-state index is 12.7. The lowest BCUT2D eigenvalue weighted by atomic mass is 10.1. The lowest BCUT2D eigenvalue weighted by Crippen LogP contribution is -2.15. The molecular weight excluding hydrogens is 291 g/mol. The standard InChI is InChI=1S/C15H25O3PS/c1-3-17-19(16,18-4-2)15(13-20)12-8-11-14-9-6-5-7-10-14/h5-7,9-10,15,20H,3-4,8,11-13H2,1-2H3. The van der Waals surface area contributed by atoms with Crippen LogP contribution in [0.2, 0.25) is 0 Å². The van der Waals surface area contributed by atoms with Crippen LogP contribution in [0.1, 0.15) is 32.3 Å². The molecule has 0 amide bonds. The van der Waals surface area contributed by atoms with Gasteiger partial charge in [-0.25, -0.2) is 0 Å². The van der Waals surface area contributed by atoms with Crippen LogP contribution in [-0.4, -0.2) is 24.6 Å². The van der Waals surface area contributed by atoms with Gasteiger partial charge < -0.3 is 9.05 Å². The Bertz CT molecular complexity index is 401. The summed E-state index contributed by atoms with van der Waals surface area (Å²) in [5.41, 5.74) is 1.17. The van der Waals surface area contributed by atoms with Gasteiger partial charge in [-0.2, -0.15) is 12.6 Å². The van der Waals surface area contributed by atoms with Gasteiger partial charge in [0.05, 0.1) is 18.9 Å². The second-order valence-electron chi connectivity index (χ2n) is 4.59. The molecule has 0 saturated carbocycles. The predicted molar refractivity (Wildman–Crippen MR) is 87.9 cm³/mol. The van der Waals surface area contributed by atoms with Gasteiger partial charge in [-0.15, -0.1) is 0 Å². The highest BCUT2D eigenvalue weighted by Gasteiger charge is 2.33. The minimum Gasteiger partial charge on any atom is -0.309 e. The fraction of sp³-hybridized carbons (Fsp3) is 0.600. The van der Waals surface area contributed by atoms with E-state index in [0.29, 0.717) is 19.0 Å². The molecule has 0 aliphatic rings. The molecule has 1 atom stereocenters.